The minimum Gasteiger partial charge on any atom is -0.480 e. The molecular formula is C18H21FN2O3. The van der Waals surface area contributed by atoms with E-state index in [9.17, 15) is 19.1 Å². The van der Waals surface area contributed by atoms with Gasteiger partial charge in [-0.15, -0.1) is 0 Å². The fourth-order valence-corrected chi connectivity index (χ4v) is 3.51. The van der Waals surface area contributed by atoms with Crippen LogP contribution in [0.4, 0.5) is 4.39 Å². The van der Waals surface area contributed by atoms with Crippen molar-refractivity contribution in [2.24, 2.45) is 0 Å². The van der Waals surface area contributed by atoms with Crippen LogP contribution in [0.5, 0.6) is 0 Å². The molecule has 1 saturated carbocycles. The molecule has 1 aliphatic rings. The summed E-state index contributed by atoms with van der Waals surface area (Å²) < 4.78 is 13.2. The Hall–Kier alpha value is -2.37. The number of aliphatic carboxylic acids is 1. The molecule has 1 amide bonds. The van der Waals surface area contributed by atoms with Crippen molar-refractivity contribution in [3.05, 3.63) is 35.8 Å². The molecule has 1 aromatic carbocycles. The van der Waals surface area contributed by atoms with Gasteiger partial charge in [-0.1, -0.05) is 25.7 Å². The van der Waals surface area contributed by atoms with Crippen LogP contribution in [-0.4, -0.2) is 27.5 Å². The van der Waals surface area contributed by atoms with Gasteiger partial charge in [-0.05, 0) is 36.6 Å². The Morgan fingerprint density at radius 2 is 1.92 bits per heavy atom. The fourth-order valence-electron chi connectivity index (χ4n) is 3.51. The van der Waals surface area contributed by atoms with Crippen molar-refractivity contribution in [2.45, 2.75) is 50.5 Å². The number of nitrogens with one attached hydrogen (secondary N) is 2. The highest BCUT2D eigenvalue weighted by molar-refractivity contribution is 5.92. The second-order valence-electron chi connectivity index (χ2n) is 6.53. The minimum absolute atomic E-state index is 0.0701. The molecule has 5 nitrogen and oxygen atoms in total. The average molecular weight is 332 g/mol. The number of benzene rings is 1. The standard InChI is InChI=1S/C18H21FN2O3/c19-13-5-6-14-12(11-20-15(14)10-13)9-16(22)21-18(17(23)24)7-3-1-2-4-8-18/h5-6,10-11,20H,1-4,7-9H2,(H,21,22)(H,23,24). The monoisotopic (exact) mass is 332 g/mol. The molecule has 0 aliphatic heterocycles. The van der Waals surface area contributed by atoms with E-state index in [1.807, 2.05) is 0 Å². The maximum Gasteiger partial charge on any atom is 0.329 e. The number of H-pyrrole nitrogens is 1. The number of rotatable bonds is 4. The van der Waals surface area contributed by atoms with Crippen molar-refractivity contribution >= 4 is 22.8 Å². The molecule has 2 aromatic rings. The fraction of sp³-hybridized carbons (Fsp3) is 0.444. The lowest BCUT2D eigenvalue weighted by Gasteiger charge is -2.29. The Kier molecular flexibility index (Phi) is 4.55. The number of fused-ring (bicyclic) bond motifs is 1. The molecule has 128 valence electrons. The van der Waals surface area contributed by atoms with E-state index in [-0.39, 0.29) is 18.1 Å². The lowest BCUT2D eigenvalue weighted by atomic mass is 9.90. The number of amides is 1. The molecule has 3 N–H and O–H groups in total. The highest BCUT2D eigenvalue weighted by atomic mass is 19.1. The molecule has 0 saturated heterocycles. The first kappa shape index (κ1) is 16.5. The molecule has 24 heavy (non-hydrogen) atoms. The van der Waals surface area contributed by atoms with E-state index in [1.165, 1.54) is 12.1 Å². The molecule has 1 fully saturated rings. The van der Waals surface area contributed by atoms with Crippen molar-refractivity contribution in [3.8, 4) is 0 Å². The Morgan fingerprint density at radius 1 is 1.21 bits per heavy atom. The Morgan fingerprint density at radius 3 is 2.58 bits per heavy atom. The highest BCUT2D eigenvalue weighted by Gasteiger charge is 2.39. The molecule has 0 radical (unpaired) electrons. The van der Waals surface area contributed by atoms with E-state index in [0.717, 1.165) is 36.6 Å². The Bertz CT molecular complexity index is 761. The Labute approximate surface area is 139 Å². The predicted octanol–water partition coefficient (Wildman–Crippen LogP) is 3.14. The van der Waals surface area contributed by atoms with Gasteiger partial charge in [-0.25, -0.2) is 9.18 Å². The zero-order chi connectivity index (χ0) is 17.2. The largest absolute Gasteiger partial charge is 0.480 e. The van der Waals surface area contributed by atoms with Gasteiger partial charge in [0.05, 0.1) is 6.42 Å². The maximum atomic E-state index is 13.2. The maximum absolute atomic E-state index is 13.2. The molecule has 1 aromatic heterocycles. The number of carboxylic acid groups (broad SMARTS) is 1. The van der Waals surface area contributed by atoms with Gasteiger partial charge in [-0.2, -0.15) is 0 Å². The smallest absolute Gasteiger partial charge is 0.329 e. The van der Waals surface area contributed by atoms with Crippen LogP contribution >= 0.6 is 0 Å². The van der Waals surface area contributed by atoms with Gasteiger partial charge in [0.2, 0.25) is 5.91 Å². The van der Waals surface area contributed by atoms with Crippen LogP contribution in [0.15, 0.2) is 24.4 Å². The number of halogens is 1. The summed E-state index contributed by atoms with van der Waals surface area (Å²) >= 11 is 0. The van der Waals surface area contributed by atoms with Crippen LogP contribution in [0.1, 0.15) is 44.1 Å². The van der Waals surface area contributed by atoms with Crippen LogP contribution in [-0.2, 0) is 16.0 Å². The lowest BCUT2D eigenvalue weighted by molar-refractivity contribution is -0.148. The van der Waals surface area contributed by atoms with Crippen LogP contribution in [0.2, 0.25) is 0 Å². The van der Waals surface area contributed by atoms with Crippen LogP contribution in [0.3, 0.4) is 0 Å². The van der Waals surface area contributed by atoms with Crippen molar-refractivity contribution < 1.29 is 19.1 Å². The summed E-state index contributed by atoms with van der Waals surface area (Å²) in [5.74, 6) is -1.62. The second-order valence-corrected chi connectivity index (χ2v) is 6.53. The molecule has 3 rings (SSSR count). The summed E-state index contributed by atoms with van der Waals surface area (Å²) in [7, 11) is 0. The quantitative estimate of drug-likeness (QED) is 0.752. The van der Waals surface area contributed by atoms with Crippen molar-refractivity contribution in [2.75, 3.05) is 0 Å². The lowest BCUT2D eigenvalue weighted by Crippen LogP contribution is -2.54. The van der Waals surface area contributed by atoms with Gasteiger partial charge in [0.15, 0.2) is 0 Å². The summed E-state index contributed by atoms with van der Waals surface area (Å²) in [6.07, 6.45) is 6.28. The number of hydrogen-bond donors (Lipinski definition) is 3. The number of carbonyl (C=O) groups excluding carboxylic acids is 1. The summed E-state index contributed by atoms with van der Waals surface area (Å²) in [4.78, 5) is 27.1. The SMILES string of the molecule is O=C(Cc1c[nH]c2cc(F)ccc12)NC1(C(=O)O)CCCCCC1. The van der Waals surface area contributed by atoms with Gasteiger partial charge >= 0.3 is 5.97 Å². The predicted molar refractivity (Wildman–Crippen MR) is 88.2 cm³/mol. The van der Waals surface area contributed by atoms with Gasteiger partial charge in [-0.3, -0.25) is 4.79 Å². The number of carbonyl (C=O) groups is 2. The number of aromatic nitrogens is 1. The topological polar surface area (TPSA) is 82.2 Å². The van der Waals surface area contributed by atoms with E-state index >= 15 is 0 Å². The second kappa shape index (κ2) is 6.63. The summed E-state index contributed by atoms with van der Waals surface area (Å²) in [5, 5.41) is 13.2. The van der Waals surface area contributed by atoms with E-state index in [2.05, 4.69) is 10.3 Å². The van der Waals surface area contributed by atoms with Crippen molar-refractivity contribution in [1.82, 2.24) is 10.3 Å². The molecule has 1 heterocycles. The van der Waals surface area contributed by atoms with Crippen LogP contribution in [0.25, 0.3) is 10.9 Å². The first-order valence-corrected chi connectivity index (χ1v) is 8.30. The third-order valence-electron chi connectivity index (χ3n) is 4.83. The molecule has 0 bridgehead atoms. The first-order valence-electron chi connectivity index (χ1n) is 8.30. The third kappa shape index (κ3) is 3.27. The molecule has 0 spiro atoms. The highest BCUT2D eigenvalue weighted by Crippen LogP contribution is 2.28. The van der Waals surface area contributed by atoms with Gasteiger partial charge in [0.25, 0.3) is 0 Å². The molecule has 0 unspecified atom stereocenters. The normalized spacial score (nSPS) is 17.4. The van der Waals surface area contributed by atoms with Gasteiger partial charge in [0.1, 0.15) is 11.4 Å². The molecular weight excluding hydrogens is 311 g/mol. The van der Waals surface area contributed by atoms with E-state index in [1.54, 1.807) is 12.3 Å². The summed E-state index contributed by atoms with van der Waals surface area (Å²) in [5.41, 5.74) is 0.197. The van der Waals surface area contributed by atoms with Crippen LogP contribution < -0.4 is 5.32 Å². The molecule has 1 aliphatic carbocycles. The Balaban J connectivity index is 1.76. The van der Waals surface area contributed by atoms with E-state index in [4.69, 9.17) is 0 Å². The first-order chi connectivity index (χ1) is 11.5. The minimum atomic E-state index is -1.16. The number of aromatic amines is 1. The average Bonchev–Trinajstić information content (AvgIpc) is 2.76. The van der Waals surface area contributed by atoms with Crippen LogP contribution in [0, 0.1) is 5.82 Å². The summed E-state index contributed by atoms with van der Waals surface area (Å²) in [6.45, 7) is 0. The number of carboxylic acids is 1. The van der Waals surface area contributed by atoms with Gasteiger partial charge in [0, 0.05) is 17.1 Å². The van der Waals surface area contributed by atoms with E-state index < -0.39 is 11.5 Å². The zero-order valence-electron chi connectivity index (χ0n) is 13.4. The van der Waals surface area contributed by atoms with E-state index in [0.29, 0.717) is 18.4 Å². The third-order valence-corrected chi connectivity index (χ3v) is 4.83. The summed E-state index contributed by atoms with van der Waals surface area (Å²) in [6, 6.07) is 4.35. The number of hydrogen-bond acceptors (Lipinski definition) is 2. The zero-order valence-corrected chi connectivity index (χ0v) is 13.4. The van der Waals surface area contributed by atoms with Crippen molar-refractivity contribution in [1.29, 1.82) is 0 Å². The molecule has 6 heteroatoms. The van der Waals surface area contributed by atoms with Crippen molar-refractivity contribution in [3.63, 3.8) is 0 Å². The van der Waals surface area contributed by atoms with Gasteiger partial charge < -0.3 is 15.4 Å². The molecule has 0 atom stereocenters.